The number of H-pyrrole nitrogens is 1. The molecule has 0 unspecified atom stereocenters. The number of benzene rings is 2. The van der Waals surface area contributed by atoms with Gasteiger partial charge in [-0.2, -0.15) is 0 Å². The maximum Gasteiger partial charge on any atom is 0.272 e. The Balaban J connectivity index is 1.79. The molecule has 0 radical (unpaired) electrons. The first kappa shape index (κ1) is 18.9. The summed E-state index contributed by atoms with van der Waals surface area (Å²) in [6.45, 7) is -0.264. The van der Waals surface area contributed by atoms with Crippen molar-refractivity contribution in [2.45, 2.75) is 0 Å². The molecule has 0 saturated heterocycles. The van der Waals surface area contributed by atoms with Gasteiger partial charge in [-0.05, 0) is 36.4 Å². The summed E-state index contributed by atoms with van der Waals surface area (Å²) in [6, 6.07) is 11.5. The number of fused-ring (bicyclic) bond motifs is 1. The lowest BCUT2D eigenvalue weighted by atomic mass is 10.2. The lowest BCUT2D eigenvalue weighted by molar-refractivity contribution is -0.117. The minimum Gasteiger partial charge on any atom is -0.368 e. The van der Waals surface area contributed by atoms with Crippen LogP contribution in [0.5, 0.6) is 0 Å². The van der Waals surface area contributed by atoms with Crippen LogP contribution in [0.4, 0.5) is 5.69 Å². The van der Waals surface area contributed by atoms with Gasteiger partial charge in [0.15, 0.2) is 0 Å². The van der Waals surface area contributed by atoms with Crippen LogP contribution in [0.1, 0.15) is 20.8 Å². The van der Waals surface area contributed by atoms with Crippen molar-refractivity contribution >= 4 is 61.8 Å². The van der Waals surface area contributed by atoms with E-state index in [-0.39, 0.29) is 18.0 Å². The smallest absolute Gasteiger partial charge is 0.272 e. The average Bonchev–Trinajstić information content (AvgIpc) is 3.10. The van der Waals surface area contributed by atoms with E-state index in [1.54, 1.807) is 36.4 Å². The fraction of sp³-hybridized carbons (Fsp3) is 0.0556. The SMILES string of the molecule is NC(=O)CNC(=O)c1cccc(NC(=O)c2cc3c(Br)ccc(Cl)c3[nH]2)c1. The largest absolute Gasteiger partial charge is 0.368 e. The summed E-state index contributed by atoms with van der Waals surface area (Å²) in [5.74, 6) is -1.49. The fourth-order valence-corrected chi connectivity index (χ4v) is 3.14. The van der Waals surface area contributed by atoms with E-state index in [1.807, 2.05) is 0 Å². The number of primary amides is 1. The third-order valence-electron chi connectivity index (χ3n) is 3.74. The van der Waals surface area contributed by atoms with Gasteiger partial charge in [0, 0.05) is 21.1 Å². The van der Waals surface area contributed by atoms with Crippen molar-refractivity contribution in [3.8, 4) is 0 Å². The number of aromatic nitrogens is 1. The van der Waals surface area contributed by atoms with Gasteiger partial charge in [0.25, 0.3) is 11.8 Å². The van der Waals surface area contributed by atoms with Gasteiger partial charge in [0.05, 0.1) is 17.1 Å². The molecule has 9 heteroatoms. The van der Waals surface area contributed by atoms with Crippen molar-refractivity contribution in [1.82, 2.24) is 10.3 Å². The van der Waals surface area contributed by atoms with Crippen molar-refractivity contribution in [2.24, 2.45) is 5.73 Å². The predicted molar refractivity (Wildman–Crippen MR) is 107 cm³/mol. The van der Waals surface area contributed by atoms with Crippen molar-refractivity contribution < 1.29 is 14.4 Å². The third-order valence-corrected chi connectivity index (χ3v) is 4.75. The fourth-order valence-electron chi connectivity index (χ4n) is 2.48. The Morgan fingerprint density at radius 3 is 2.59 bits per heavy atom. The topological polar surface area (TPSA) is 117 Å². The van der Waals surface area contributed by atoms with Gasteiger partial charge in [-0.15, -0.1) is 0 Å². The molecule has 5 N–H and O–H groups in total. The molecule has 7 nitrogen and oxygen atoms in total. The van der Waals surface area contributed by atoms with Crippen molar-refractivity contribution in [3.63, 3.8) is 0 Å². The molecule has 0 bridgehead atoms. The highest BCUT2D eigenvalue weighted by Gasteiger charge is 2.14. The second kappa shape index (κ2) is 7.81. The van der Waals surface area contributed by atoms with Crippen LogP contribution >= 0.6 is 27.5 Å². The number of amides is 3. The van der Waals surface area contributed by atoms with Gasteiger partial charge in [-0.1, -0.05) is 33.6 Å². The number of nitrogens with two attached hydrogens (primary N) is 1. The number of aromatic amines is 1. The van der Waals surface area contributed by atoms with Crippen LogP contribution in [0.25, 0.3) is 10.9 Å². The lowest BCUT2D eigenvalue weighted by Gasteiger charge is -2.07. The van der Waals surface area contributed by atoms with Crippen LogP contribution in [0.15, 0.2) is 46.9 Å². The van der Waals surface area contributed by atoms with Crippen LogP contribution in [-0.4, -0.2) is 29.3 Å². The minimum atomic E-state index is -0.642. The van der Waals surface area contributed by atoms with Gasteiger partial charge in [0.2, 0.25) is 5.91 Å². The highest BCUT2D eigenvalue weighted by Crippen LogP contribution is 2.30. The maximum atomic E-state index is 12.5. The molecule has 0 aliphatic heterocycles. The second-order valence-corrected chi connectivity index (χ2v) is 6.95. The number of carbonyl (C=O) groups is 3. The molecule has 3 rings (SSSR count). The van der Waals surface area contributed by atoms with Gasteiger partial charge in [-0.25, -0.2) is 0 Å². The van der Waals surface area contributed by atoms with E-state index in [0.717, 1.165) is 9.86 Å². The normalized spacial score (nSPS) is 10.6. The molecule has 1 heterocycles. The first-order valence-corrected chi connectivity index (χ1v) is 8.97. The molecule has 0 fully saturated rings. The van der Waals surface area contributed by atoms with Crippen LogP contribution in [0, 0.1) is 0 Å². The molecular formula is C18H14BrClN4O3. The predicted octanol–water partition coefficient (Wildman–Crippen LogP) is 3.05. The summed E-state index contributed by atoms with van der Waals surface area (Å²) in [7, 11) is 0. The van der Waals surface area contributed by atoms with E-state index < -0.39 is 11.8 Å². The number of carbonyl (C=O) groups excluding carboxylic acids is 3. The number of halogens is 2. The van der Waals surface area contributed by atoms with Crippen molar-refractivity contribution in [2.75, 3.05) is 11.9 Å². The Morgan fingerprint density at radius 1 is 1.11 bits per heavy atom. The van der Waals surface area contributed by atoms with Crippen LogP contribution in [-0.2, 0) is 4.79 Å². The molecule has 2 aromatic carbocycles. The van der Waals surface area contributed by atoms with Crippen LogP contribution in [0.3, 0.4) is 0 Å². The summed E-state index contributed by atoms with van der Waals surface area (Å²) in [6.07, 6.45) is 0. The zero-order valence-electron chi connectivity index (χ0n) is 13.8. The average molecular weight is 450 g/mol. The molecule has 138 valence electrons. The highest BCUT2D eigenvalue weighted by atomic mass is 79.9. The van der Waals surface area contributed by atoms with Gasteiger partial charge in [0.1, 0.15) is 5.69 Å². The molecule has 3 aromatic rings. The van der Waals surface area contributed by atoms with E-state index in [4.69, 9.17) is 17.3 Å². The van der Waals surface area contributed by atoms with E-state index in [9.17, 15) is 14.4 Å². The van der Waals surface area contributed by atoms with Crippen LogP contribution < -0.4 is 16.4 Å². The molecule has 1 aromatic heterocycles. The summed E-state index contributed by atoms with van der Waals surface area (Å²) in [4.78, 5) is 38.3. The summed E-state index contributed by atoms with van der Waals surface area (Å²) < 4.78 is 0.810. The number of hydrogen-bond donors (Lipinski definition) is 4. The molecule has 0 aliphatic carbocycles. The first-order chi connectivity index (χ1) is 12.8. The van der Waals surface area contributed by atoms with Gasteiger partial charge >= 0.3 is 0 Å². The quantitative estimate of drug-likeness (QED) is 0.479. The molecule has 0 spiro atoms. The monoisotopic (exact) mass is 448 g/mol. The zero-order valence-corrected chi connectivity index (χ0v) is 16.1. The zero-order chi connectivity index (χ0) is 19.6. The number of nitrogens with one attached hydrogen (secondary N) is 3. The van der Waals surface area contributed by atoms with Crippen molar-refractivity contribution in [3.05, 3.63) is 63.2 Å². The number of hydrogen-bond acceptors (Lipinski definition) is 3. The van der Waals surface area contributed by atoms with Crippen LogP contribution in [0.2, 0.25) is 5.02 Å². The van der Waals surface area contributed by atoms with E-state index >= 15 is 0 Å². The molecule has 0 aliphatic rings. The van der Waals surface area contributed by atoms with Gasteiger partial charge < -0.3 is 21.4 Å². The number of rotatable bonds is 5. The molecule has 3 amide bonds. The molecule has 27 heavy (non-hydrogen) atoms. The molecule has 0 saturated carbocycles. The Bertz CT molecular complexity index is 1020. The van der Waals surface area contributed by atoms with Gasteiger partial charge in [-0.3, -0.25) is 14.4 Å². The van der Waals surface area contributed by atoms with E-state index in [1.165, 1.54) is 6.07 Å². The summed E-state index contributed by atoms with van der Waals surface area (Å²) in [5.41, 5.74) is 6.69. The minimum absolute atomic E-state index is 0.264. The Kier molecular flexibility index (Phi) is 5.48. The first-order valence-electron chi connectivity index (χ1n) is 7.80. The standard InChI is InChI=1S/C18H14BrClN4O3/c19-12-4-5-13(20)16-11(12)7-14(24-16)18(27)23-10-3-1-2-9(6-10)17(26)22-8-15(21)25/h1-7,24H,8H2,(H2,21,25)(H,22,26)(H,23,27). The lowest BCUT2D eigenvalue weighted by Crippen LogP contribution is -2.33. The summed E-state index contributed by atoms with van der Waals surface area (Å²) >= 11 is 9.58. The third kappa shape index (κ3) is 4.29. The van der Waals surface area contributed by atoms with E-state index in [2.05, 4.69) is 31.5 Å². The van der Waals surface area contributed by atoms with Crippen molar-refractivity contribution in [1.29, 1.82) is 0 Å². The second-order valence-electron chi connectivity index (χ2n) is 5.68. The highest BCUT2D eigenvalue weighted by molar-refractivity contribution is 9.10. The summed E-state index contributed by atoms with van der Waals surface area (Å²) in [5, 5.41) is 6.39. The molecule has 0 atom stereocenters. The number of anilines is 1. The Labute approximate surface area is 167 Å². The van der Waals surface area contributed by atoms with E-state index in [0.29, 0.717) is 21.9 Å². The maximum absolute atomic E-state index is 12.5. The Morgan fingerprint density at radius 2 is 1.89 bits per heavy atom. The Hall–Kier alpha value is -2.84. The molecular weight excluding hydrogens is 436 g/mol.